The molecule has 0 aliphatic carbocycles. The van der Waals surface area contributed by atoms with Crippen LogP contribution in [0.3, 0.4) is 0 Å². The molecule has 2 aromatic heterocycles. The summed E-state index contributed by atoms with van der Waals surface area (Å²) in [4.78, 5) is 28.1. The zero-order valence-corrected chi connectivity index (χ0v) is 18.6. The number of carbonyl (C=O) groups excluding carboxylic acids is 1. The van der Waals surface area contributed by atoms with Gasteiger partial charge in [0.15, 0.2) is 0 Å². The van der Waals surface area contributed by atoms with Crippen LogP contribution in [0.5, 0.6) is 0 Å². The fourth-order valence-electron chi connectivity index (χ4n) is 4.18. The number of aryl methyl sites for hydroxylation is 2. The van der Waals surface area contributed by atoms with Gasteiger partial charge in [-0.15, -0.1) is 0 Å². The number of rotatable bonds is 6. The van der Waals surface area contributed by atoms with E-state index in [9.17, 15) is 14.9 Å². The molecule has 0 saturated carbocycles. The van der Waals surface area contributed by atoms with Gasteiger partial charge in [0.25, 0.3) is 5.91 Å². The van der Waals surface area contributed by atoms with Gasteiger partial charge in [0, 0.05) is 57.1 Å². The van der Waals surface area contributed by atoms with Crippen molar-refractivity contribution < 1.29 is 9.72 Å². The van der Waals surface area contributed by atoms with E-state index in [0.29, 0.717) is 36.6 Å². The SMILES string of the molecule is Cc1nn(Cc2cccc(C(=O)N3CCN(Cc4cnn(C)c4)CC3)c2)c(C)c1[N+](=O)[O-]. The average molecular weight is 438 g/mol. The molecule has 1 aliphatic heterocycles. The third kappa shape index (κ3) is 4.54. The van der Waals surface area contributed by atoms with Gasteiger partial charge in [-0.25, -0.2) is 0 Å². The molecule has 1 aromatic carbocycles. The normalized spacial score (nSPS) is 14.7. The summed E-state index contributed by atoms with van der Waals surface area (Å²) < 4.78 is 3.42. The highest BCUT2D eigenvalue weighted by molar-refractivity contribution is 5.94. The standard InChI is InChI=1S/C22H27N7O3/c1-16-21(29(31)32)17(2)28(24-16)15-18-5-4-6-20(11-18)22(30)27-9-7-26(8-10-27)14-19-12-23-25(3)13-19/h4-6,11-13H,7-10,14-15H2,1-3H3. The maximum atomic E-state index is 13.1. The predicted molar refractivity (Wildman–Crippen MR) is 118 cm³/mol. The van der Waals surface area contributed by atoms with Gasteiger partial charge in [-0.1, -0.05) is 12.1 Å². The van der Waals surface area contributed by atoms with E-state index in [-0.39, 0.29) is 11.6 Å². The number of carbonyl (C=O) groups is 1. The number of hydrogen-bond acceptors (Lipinski definition) is 6. The minimum Gasteiger partial charge on any atom is -0.336 e. The van der Waals surface area contributed by atoms with Crippen LogP contribution in [0, 0.1) is 24.0 Å². The molecule has 32 heavy (non-hydrogen) atoms. The molecule has 1 saturated heterocycles. The van der Waals surface area contributed by atoms with Crippen molar-refractivity contribution in [3.63, 3.8) is 0 Å². The van der Waals surface area contributed by atoms with Crippen LogP contribution in [-0.4, -0.2) is 66.4 Å². The van der Waals surface area contributed by atoms with Gasteiger partial charge in [-0.2, -0.15) is 10.2 Å². The zero-order chi connectivity index (χ0) is 22.8. The van der Waals surface area contributed by atoms with Crippen molar-refractivity contribution in [3.05, 3.63) is 74.9 Å². The number of nitro groups is 1. The van der Waals surface area contributed by atoms with Crippen molar-refractivity contribution in [2.75, 3.05) is 26.2 Å². The molecule has 0 spiro atoms. The maximum Gasteiger partial charge on any atom is 0.312 e. The Labute approximate surface area is 186 Å². The monoisotopic (exact) mass is 437 g/mol. The van der Waals surface area contributed by atoms with Crippen molar-refractivity contribution in [2.45, 2.75) is 26.9 Å². The summed E-state index contributed by atoms with van der Waals surface area (Å²) in [5.74, 6) is 0.00669. The highest BCUT2D eigenvalue weighted by Gasteiger charge is 2.24. The third-order valence-corrected chi connectivity index (χ3v) is 5.86. The molecule has 3 heterocycles. The topological polar surface area (TPSA) is 102 Å². The minimum absolute atomic E-state index is 0.00669. The Morgan fingerprint density at radius 2 is 1.88 bits per heavy atom. The molecule has 0 N–H and O–H groups in total. The minimum atomic E-state index is -0.401. The molecule has 0 bridgehead atoms. The predicted octanol–water partition coefficient (Wildman–Crippen LogP) is 2.15. The number of nitrogens with zero attached hydrogens (tertiary/aromatic N) is 7. The number of amides is 1. The van der Waals surface area contributed by atoms with Gasteiger partial charge < -0.3 is 4.90 Å². The summed E-state index contributed by atoms with van der Waals surface area (Å²) >= 11 is 0. The first-order valence-electron chi connectivity index (χ1n) is 10.6. The Balaban J connectivity index is 1.40. The molecule has 10 heteroatoms. The lowest BCUT2D eigenvalue weighted by Gasteiger charge is -2.34. The maximum absolute atomic E-state index is 13.1. The van der Waals surface area contributed by atoms with Gasteiger partial charge in [-0.05, 0) is 31.5 Å². The molecule has 1 aliphatic rings. The quantitative estimate of drug-likeness (QED) is 0.433. The Bertz CT molecular complexity index is 1140. The fraction of sp³-hybridized carbons (Fsp3) is 0.409. The van der Waals surface area contributed by atoms with Crippen molar-refractivity contribution in [3.8, 4) is 0 Å². The molecule has 4 rings (SSSR count). The number of benzene rings is 1. The first kappa shape index (κ1) is 21.7. The zero-order valence-electron chi connectivity index (χ0n) is 18.6. The molecular weight excluding hydrogens is 410 g/mol. The second-order valence-corrected chi connectivity index (χ2v) is 8.23. The van der Waals surface area contributed by atoms with E-state index in [0.717, 1.165) is 25.2 Å². The summed E-state index contributed by atoms with van der Waals surface area (Å²) in [5.41, 5.74) is 3.62. The van der Waals surface area contributed by atoms with Crippen LogP contribution in [0.15, 0.2) is 36.7 Å². The van der Waals surface area contributed by atoms with E-state index in [2.05, 4.69) is 15.1 Å². The lowest BCUT2D eigenvalue weighted by molar-refractivity contribution is -0.386. The Morgan fingerprint density at radius 1 is 1.12 bits per heavy atom. The Hall–Kier alpha value is -3.53. The van der Waals surface area contributed by atoms with Gasteiger partial charge in [0.1, 0.15) is 11.4 Å². The van der Waals surface area contributed by atoms with E-state index < -0.39 is 4.92 Å². The van der Waals surface area contributed by atoms with Gasteiger partial charge in [0.05, 0.1) is 17.7 Å². The number of hydrogen-bond donors (Lipinski definition) is 0. The van der Waals surface area contributed by atoms with Gasteiger partial charge in [0.2, 0.25) is 0 Å². The van der Waals surface area contributed by atoms with Crippen LogP contribution in [0.4, 0.5) is 5.69 Å². The second-order valence-electron chi connectivity index (χ2n) is 8.23. The number of piperazine rings is 1. The molecule has 1 amide bonds. The number of aromatic nitrogens is 4. The van der Waals surface area contributed by atoms with Crippen LogP contribution >= 0.6 is 0 Å². The molecule has 3 aromatic rings. The summed E-state index contributed by atoms with van der Waals surface area (Å²) in [6, 6.07) is 7.43. The third-order valence-electron chi connectivity index (χ3n) is 5.86. The highest BCUT2D eigenvalue weighted by atomic mass is 16.6. The molecule has 1 fully saturated rings. The van der Waals surface area contributed by atoms with E-state index in [1.54, 1.807) is 23.2 Å². The highest BCUT2D eigenvalue weighted by Crippen LogP contribution is 2.23. The molecule has 0 radical (unpaired) electrons. The van der Waals surface area contributed by atoms with E-state index in [1.165, 1.54) is 5.56 Å². The first-order chi connectivity index (χ1) is 15.3. The van der Waals surface area contributed by atoms with Crippen LogP contribution in [0.25, 0.3) is 0 Å². The average Bonchev–Trinajstić information content (AvgIpc) is 3.29. The van der Waals surface area contributed by atoms with Crippen LogP contribution in [0.2, 0.25) is 0 Å². The van der Waals surface area contributed by atoms with Crippen LogP contribution < -0.4 is 0 Å². The Kier molecular flexibility index (Phi) is 6.04. The van der Waals surface area contributed by atoms with Crippen LogP contribution in [0.1, 0.15) is 32.9 Å². The Morgan fingerprint density at radius 3 is 2.50 bits per heavy atom. The molecule has 168 valence electrons. The van der Waals surface area contributed by atoms with Crippen molar-refractivity contribution in [1.82, 2.24) is 29.4 Å². The summed E-state index contributed by atoms with van der Waals surface area (Å²) in [6.45, 7) is 7.51. The molecule has 10 nitrogen and oxygen atoms in total. The lowest BCUT2D eigenvalue weighted by atomic mass is 10.1. The smallest absolute Gasteiger partial charge is 0.312 e. The van der Waals surface area contributed by atoms with E-state index in [1.807, 2.05) is 48.6 Å². The summed E-state index contributed by atoms with van der Waals surface area (Å²) in [5, 5.41) is 19.8. The molecule has 0 atom stereocenters. The lowest BCUT2D eigenvalue weighted by Crippen LogP contribution is -2.48. The van der Waals surface area contributed by atoms with Crippen molar-refractivity contribution in [1.29, 1.82) is 0 Å². The summed E-state index contributed by atoms with van der Waals surface area (Å²) in [7, 11) is 1.91. The fourth-order valence-corrected chi connectivity index (χ4v) is 4.18. The first-order valence-corrected chi connectivity index (χ1v) is 10.6. The molecular formula is C22H27N7O3. The van der Waals surface area contributed by atoms with Crippen molar-refractivity contribution >= 4 is 11.6 Å². The van der Waals surface area contributed by atoms with E-state index in [4.69, 9.17) is 0 Å². The largest absolute Gasteiger partial charge is 0.336 e. The second kappa shape index (κ2) is 8.91. The molecule has 0 unspecified atom stereocenters. The van der Waals surface area contributed by atoms with Gasteiger partial charge in [-0.3, -0.25) is 29.2 Å². The summed E-state index contributed by atoms with van der Waals surface area (Å²) in [6.07, 6.45) is 3.89. The van der Waals surface area contributed by atoms with Crippen LogP contribution in [-0.2, 0) is 20.1 Å². The van der Waals surface area contributed by atoms with Crippen molar-refractivity contribution in [2.24, 2.45) is 7.05 Å². The van der Waals surface area contributed by atoms with E-state index >= 15 is 0 Å². The van der Waals surface area contributed by atoms with Gasteiger partial charge >= 0.3 is 5.69 Å².